The van der Waals surface area contributed by atoms with Gasteiger partial charge in [0.2, 0.25) is 5.95 Å². The van der Waals surface area contributed by atoms with E-state index in [1.807, 2.05) is 24.3 Å². The lowest BCUT2D eigenvalue weighted by atomic mass is 10.0. The first-order valence-corrected chi connectivity index (χ1v) is 7.15. The maximum Gasteiger partial charge on any atom is 0.223 e. The van der Waals surface area contributed by atoms with E-state index in [2.05, 4.69) is 15.3 Å². The topological polar surface area (TPSA) is 73.1 Å². The number of hydrogen-bond acceptors (Lipinski definition) is 5. The van der Waals surface area contributed by atoms with Gasteiger partial charge in [-0.2, -0.15) is 4.98 Å². The summed E-state index contributed by atoms with van der Waals surface area (Å²) in [5, 5.41) is 4.28. The Labute approximate surface area is 133 Å². The predicted octanol–water partition coefficient (Wildman–Crippen LogP) is 3.56. The van der Waals surface area contributed by atoms with Crippen LogP contribution in [-0.4, -0.2) is 23.7 Å². The molecule has 0 aliphatic heterocycles. The zero-order valence-electron chi connectivity index (χ0n) is 11.5. The molecule has 2 rings (SSSR count). The molecule has 7 heteroatoms. The first-order valence-electron chi connectivity index (χ1n) is 6.39. The molecule has 0 spiro atoms. The summed E-state index contributed by atoms with van der Waals surface area (Å²) in [6.07, 6.45) is 0.764. The minimum absolute atomic E-state index is 0.00702. The summed E-state index contributed by atoms with van der Waals surface area (Å²) >= 11 is 11.8. The quantitative estimate of drug-likeness (QED) is 0.794. The Morgan fingerprint density at radius 3 is 2.57 bits per heavy atom. The lowest BCUT2D eigenvalue weighted by Crippen LogP contribution is -2.14. The van der Waals surface area contributed by atoms with E-state index in [1.54, 1.807) is 13.2 Å². The number of aromatic nitrogens is 2. The normalized spacial score (nSPS) is 12.1. The zero-order chi connectivity index (χ0) is 15.2. The number of methoxy groups -OCH3 is 1. The molecule has 1 aromatic carbocycles. The number of hydrogen-bond donors (Lipinski definition) is 2. The molecule has 5 nitrogen and oxygen atoms in total. The van der Waals surface area contributed by atoms with Crippen LogP contribution < -0.4 is 11.1 Å². The number of benzene rings is 1. The number of halogens is 2. The summed E-state index contributed by atoms with van der Waals surface area (Å²) in [7, 11) is 1.67. The van der Waals surface area contributed by atoms with Crippen molar-refractivity contribution in [2.75, 3.05) is 24.8 Å². The number of nitrogens with zero attached hydrogens (tertiary/aromatic N) is 2. The van der Waals surface area contributed by atoms with Crippen LogP contribution in [-0.2, 0) is 4.74 Å². The van der Waals surface area contributed by atoms with E-state index >= 15 is 0 Å². The van der Waals surface area contributed by atoms with E-state index < -0.39 is 0 Å². The predicted molar refractivity (Wildman–Crippen MR) is 85.8 cm³/mol. The van der Waals surface area contributed by atoms with Crippen LogP contribution in [0.5, 0.6) is 0 Å². The lowest BCUT2D eigenvalue weighted by Gasteiger charge is -2.20. The molecule has 0 aliphatic rings. The van der Waals surface area contributed by atoms with Crippen LogP contribution in [0.2, 0.25) is 10.2 Å². The van der Waals surface area contributed by atoms with Gasteiger partial charge in [-0.3, -0.25) is 0 Å². The molecule has 0 amide bonds. The SMILES string of the molecule is COCCC(Nc1cc(Cl)nc(N)n1)c1ccc(Cl)cc1. The van der Waals surface area contributed by atoms with Crippen LogP contribution in [0.1, 0.15) is 18.0 Å². The monoisotopic (exact) mass is 326 g/mol. The molecule has 112 valence electrons. The summed E-state index contributed by atoms with van der Waals surface area (Å²) in [5.41, 5.74) is 6.68. The van der Waals surface area contributed by atoms with Crippen molar-refractivity contribution in [3.8, 4) is 0 Å². The van der Waals surface area contributed by atoms with Crippen molar-refractivity contribution in [3.05, 3.63) is 46.1 Å². The molecule has 0 aliphatic carbocycles. The molecule has 1 unspecified atom stereocenters. The molecular weight excluding hydrogens is 311 g/mol. The molecule has 2 aromatic rings. The smallest absolute Gasteiger partial charge is 0.223 e. The van der Waals surface area contributed by atoms with Crippen molar-refractivity contribution in [2.24, 2.45) is 0 Å². The van der Waals surface area contributed by atoms with E-state index in [9.17, 15) is 0 Å². The summed E-state index contributed by atoms with van der Waals surface area (Å²) in [6.45, 7) is 0.606. The Bertz CT molecular complexity index is 572. The Balaban J connectivity index is 2.21. The van der Waals surface area contributed by atoms with E-state index in [1.165, 1.54) is 0 Å². The largest absolute Gasteiger partial charge is 0.385 e. The van der Waals surface area contributed by atoms with E-state index in [4.69, 9.17) is 33.7 Å². The minimum atomic E-state index is 0.00702. The van der Waals surface area contributed by atoms with Gasteiger partial charge in [-0.25, -0.2) is 4.98 Å². The van der Waals surface area contributed by atoms with Gasteiger partial charge in [0.1, 0.15) is 11.0 Å². The molecular formula is C14H16Cl2N4O. The van der Waals surface area contributed by atoms with Gasteiger partial charge in [-0.1, -0.05) is 35.3 Å². The van der Waals surface area contributed by atoms with Crippen LogP contribution in [0.4, 0.5) is 11.8 Å². The van der Waals surface area contributed by atoms with Gasteiger partial charge in [0.25, 0.3) is 0 Å². The second kappa shape index (κ2) is 7.45. The van der Waals surface area contributed by atoms with Gasteiger partial charge in [0.05, 0.1) is 6.04 Å². The van der Waals surface area contributed by atoms with Crippen LogP contribution in [0.15, 0.2) is 30.3 Å². The summed E-state index contributed by atoms with van der Waals surface area (Å²) in [5.74, 6) is 0.704. The van der Waals surface area contributed by atoms with Crippen molar-refractivity contribution in [1.29, 1.82) is 0 Å². The van der Waals surface area contributed by atoms with Crippen molar-refractivity contribution in [3.63, 3.8) is 0 Å². The third-order valence-corrected chi connectivity index (χ3v) is 3.36. The lowest BCUT2D eigenvalue weighted by molar-refractivity contribution is 0.190. The van der Waals surface area contributed by atoms with Crippen molar-refractivity contribution < 1.29 is 4.74 Å². The fourth-order valence-corrected chi connectivity index (χ4v) is 2.26. The third-order valence-electron chi connectivity index (χ3n) is 2.92. The summed E-state index contributed by atoms with van der Waals surface area (Å²) in [6, 6.07) is 9.25. The number of ether oxygens (including phenoxy) is 1. The van der Waals surface area contributed by atoms with E-state index in [0.29, 0.717) is 22.6 Å². The molecule has 21 heavy (non-hydrogen) atoms. The molecule has 0 saturated carbocycles. The Morgan fingerprint density at radius 2 is 1.95 bits per heavy atom. The fraction of sp³-hybridized carbons (Fsp3) is 0.286. The highest BCUT2D eigenvalue weighted by Crippen LogP contribution is 2.24. The van der Waals surface area contributed by atoms with E-state index in [0.717, 1.165) is 12.0 Å². The molecule has 0 saturated heterocycles. The van der Waals surface area contributed by atoms with Crippen molar-refractivity contribution >= 4 is 35.0 Å². The highest BCUT2D eigenvalue weighted by atomic mass is 35.5. The number of rotatable bonds is 6. The second-order valence-electron chi connectivity index (χ2n) is 4.46. The second-order valence-corrected chi connectivity index (χ2v) is 5.29. The van der Waals surface area contributed by atoms with Crippen molar-refractivity contribution in [2.45, 2.75) is 12.5 Å². The van der Waals surface area contributed by atoms with Crippen molar-refractivity contribution in [1.82, 2.24) is 9.97 Å². The van der Waals surface area contributed by atoms with Crippen LogP contribution in [0, 0.1) is 0 Å². The summed E-state index contributed by atoms with van der Waals surface area (Å²) < 4.78 is 5.15. The Kier molecular flexibility index (Phi) is 5.61. The highest BCUT2D eigenvalue weighted by molar-refractivity contribution is 6.30. The number of nitrogen functional groups attached to an aromatic ring is 1. The summed E-state index contributed by atoms with van der Waals surface area (Å²) in [4.78, 5) is 7.97. The molecule has 0 radical (unpaired) electrons. The van der Waals surface area contributed by atoms with Gasteiger partial charge in [-0.05, 0) is 24.1 Å². The van der Waals surface area contributed by atoms with Crippen LogP contribution in [0.25, 0.3) is 0 Å². The maximum absolute atomic E-state index is 5.92. The number of nitrogens with one attached hydrogen (secondary N) is 1. The van der Waals surface area contributed by atoms with Crippen LogP contribution >= 0.6 is 23.2 Å². The van der Waals surface area contributed by atoms with Gasteiger partial charge < -0.3 is 15.8 Å². The van der Waals surface area contributed by atoms with Gasteiger partial charge in [0.15, 0.2) is 0 Å². The molecule has 1 aromatic heterocycles. The zero-order valence-corrected chi connectivity index (χ0v) is 13.0. The molecule has 3 N–H and O–H groups in total. The average Bonchev–Trinajstić information content (AvgIpc) is 2.43. The molecule has 1 atom stereocenters. The molecule has 1 heterocycles. The average molecular weight is 327 g/mol. The maximum atomic E-state index is 5.92. The fourth-order valence-electron chi connectivity index (χ4n) is 1.94. The third kappa shape index (κ3) is 4.74. The number of anilines is 2. The molecule has 0 fully saturated rings. The van der Waals surface area contributed by atoms with Gasteiger partial charge >= 0.3 is 0 Å². The van der Waals surface area contributed by atoms with Crippen LogP contribution in [0.3, 0.4) is 0 Å². The van der Waals surface area contributed by atoms with E-state index in [-0.39, 0.29) is 12.0 Å². The minimum Gasteiger partial charge on any atom is -0.385 e. The Morgan fingerprint density at radius 1 is 1.24 bits per heavy atom. The molecule has 0 bridgehead atoms. The first-order chi connectivity index (χ1) is 10.1. The first kappa shape index (κ1) is 15.8. The number of nitrogens with two attached hydrogens (primary N) is 1. The highest BCUT2D eigenvalue weighted by Gasteiger charge is 2.13. The standard InChI is InChI=1S/C14H16Cl2N4O/c1-21-7-6-11(9-2-4-10(15)5-3-9)18-13-8-12(16)19-14(17)20-13/h2-5,8,11H,6-7H2,1H3,(H3,17,18,19,20). The van der Waals surface area contributed by atoms with Gasteiger partial charge in [0, 0.05) is 24.8 Å². The van der Waals surface area contributed by atoms with Gasteiger partial charge in [-0.15, -0.1) is 0 Å². The Hall–Kier alpha value is -1.56.